The number of amides is 1. The van der Waals surface area contributed by atoms with Crippen LogP contribution in [-0.4, -0.2) is 28.9 Å². The van der Waals surface area contributed by atoms with Crippen LogP contribution in [0, 0.1) is 0 Å². The third-order valence-electron chi connectivity index (χ3n) is 4.09. The third-order valence-corrected chi connectivity index (χ3v) is 4.64. The molecule has 0 saturated carbocycles. The molecule has 1 aliphatic rings. The van der Waals surface area contributed by atoms with Crippen LogP contribution >= 0.6 is 23.2 Å². The summed E-state index contributed by atoms with van der Waals surface area (Å²) in [5.41, 5.74) is 1.34. The van der Waals surface area contributed by atoms with Crippen molar-refractivity contribution in [3.63, 3.8) is 0 Å². The molecular formula is C18H19Cl2N3O. The highest BCUT2D eigenvalue weighted by Gasteiger charge is 2.17. The van der Waals surface area contributed by atoms with Crippen molar-refractivity contribution in [3.05, 3.63) is 52.1 Å². The summed E-state index contributed by atoms with van der Waals surface area (Å²) in [5, 5.41) is 4.22. The Morgan fingerprint density at radius 3 is 2.50 bits per heavy atom. The normalized spacial score (nSPS) is 15.0. The highest BCUT2D eigenvalue weighted by molar-refractivity contribution is 6.36. The van der Waals surface area contributed by atoms with Crippen molar-refractivity contribution in [1.29, 1.82) is 0 Å². The van der Waals surface area contributed by atoms with E-state index in [0.717, 1.165) is 25.9 Å². The average molecular weight is 364 g/mol. The van der Waals surface area contributed by atoms with E-state index in [1.807, 2.05) is 4.90 Å². The summed E-state index contributed by atoms with van der Waals surface area (Å²) in [6, 6.07) is 8.72. The van der Waals surface area contributed by atoms with Gasteiger partial charge in [-0.3, -0.25) is 4.79 Å². The van der Waals surface area contributed by atoms with Gasteiger partial charge in [0.1, 0.15) is 5.82 Å². The van der Waals surface area contributed by atoms with Crippen molar-refractivity contribution < 1.29 is 4.79 Å². The summed E-state index contributed by atoms with van der Waals surface area (Å²) in [6.07, 6.45) is 6.17. The molecule has 1 aromatic carbocycles. The quantitative estimate of drug-likeness (QED) is 0.819. The molecule has 1 saturated heterocycles. The molecule has 0 spiro atoms. The van der Waals surface area contributed by atoms with Gasteiger partial charge in [0.15, 0.2) is 0 Å². The van der Waals surface area contributed by atoms with Crippen molar-refractivity contribution in [2.45, 2.75) is 25.7 Å². The molecule has 1 aromatic heterocycles. The van der Waals surface area contributed by atoms with Crippen LogP contribution in [0.15, 0.2) is 36.5 Å². The Hall–Kier alpha value is -1.78. The monoisotopic (exact) mass is 363 g/mol. The van der Waals surface area contributed by atoms with Gasteiger partial charge in [-0.05, 0) is 43.2 Å². The zero-order valence-corrected chi connectivity index (χ0v) is 14.8. The lowest BCUT2D eigenvalue weighted by molar-refractivity contribution is 0.0761. The highest BCUT2D eigenvalue weighted by Crippen LogP contribution is 2.28. The molecule has 6 heteroatoms. The first-order valence-corrected chi connectivity index (χ1v) is 8.86. The van der Waals surface area contributed by atoms with Crippen LogP contribution in [0.5, 0.6) is 0 Å². The number of benzene rings is 1. The molecule has 0 atom stereocenters. The summed E-state index contributed by atoms with van der Waals surface area (Å²) in [4.78, 5) is 18.9. The van der Waals surface area contributed by atoms with Gasteiger partial charge in [0, 0.05) is 29.9 Å². The number of hydrogen-bond acceptors (Lipinski definition) is 3. The predicted molar refractivity (Wildman–Crippen MR) is 98.4 cm³/mol. The van der Waals surface area contributed by atoms with Crippen LogP contribution in [0.25, 0.3) is 0 Å². The predicted octanol–water partition coefficient (Wildman–Crippen LogP) is 5.15. The topological polar surface area (TPSA) is 45.2 Å². The molecule has 126 valence electrons. The zero-order valence-electron chi connectivity index (χ0n) is 13.3. The minimum absolute atomic E-state index is 0.0598. The Morgan fingerprint density at radius 1 is 1.04 bits per heavy atom. The standard InChI is InChI=1S/C18H19Cl2N3O/c19-14-5-6-16(15(20)12-14)22-17-11-13(7-8-21-17)18(24)23-9-3-1-2-4-10-23/h5-8,11-12H,1-4,9-10H2,(H,21,22). The SMILES string of the molecule is O=C(c1ccnc(Nc2ccc(Cl)cc2Cl)c1)N1CCCCCC1. The smallest absolute Gasteiger partial charge is 0.254 e. The molecule has 4 nitrogen and oxygen atoms in total. The number of carbonyl (C=O) groups is 1. The zero-order chi connectivity index (χ0) is 16.9. The van der Waals surface area contributed by atoms with Crippen molar-refractivity contribution in [2.75, 3.05) is 18.4 Å². The second-order valence-corrected chi connectivity index (χ2v) is 6.73. The van der Waals surface area contributed by atoms with Crippen LogP contribution < -0.4 is 5.32 Å². The first-order chi connectivity index (χ1) is 11.6. The van der Waals surface area contributed by atoms with Gasteiger partial charge in [-0.25, -0.2) is 4.98 Å². The summed E-state index contributed by atoms with van der Waals surface area (Å²) in [5.74, 6) is 0.643. The second-order valence-electron chi connectivity index (χ2n) is 5.89. The number of hydrogen-bond donors (Lipinski definition) is 1. The van der Waals surface area contributed by atoms with Gasteiger partial charge in [-0.2, -0.15) is 0 Å². The van der Waals surface area contributed by atoms with Crippen LogP contribution in [0.4, 0.5) is 11.5 Å². The van der Waals surface area contributed by atoms with Crippen LogP contribution in [0.3, 0.4) is 0 Å². The number of nitrogens with one attached hydrogen (secondary N) is 1. The number of anilines is 2. The molecule has 2 aromatic rings. The lowest BCUT2D eigenvalue weighted by Crippen LogP contribution is -2.31. The van der Waals surface area contributed by atoms with Gasteiger partial charge >= 0.3 is 0 Å². The maximum Gasteiger partial charge on any atom is 0.254 e. The van der Waals surface area contributed by atoms with Gasteiger partial charge in [-0.1, -0.05) is 36.0 Å². The van der Waals surface area contributed by atoms with Crippen molar-refractivity contribution in [2.24, 2.45) is 0 Å². The first kappa shape index (κ1) is 17.1. The minimum Gasteiger partial charge on any atom is -0.339 e. The lowest BCUT2D eigenvalue weighted by atomic mass is 10.2. The average Bonchev–Trinajstić information content (AvgIpc) is 2.86. The molecule has 1 amide bonds. The van der Waals surface area contributed by atoms with Gasteiger partial charge < -0.3 is 10.2 Å². The maximum absolute atomic E-state index is 12.7. The molecule has 0 aliphatic carbocycles. The van der Waals surface area contributed by atoms with E-state index in [0.29, 0.717) is 27.1 Å². The molecule has 3 rings (SSSR count). The minimum atomic E-state index is 0.0598. The fourth-order valence-corrected chi connectivity index (χ4v) is 3.27. The summed E-state index contributed by atoms with van der Waals surface area (Å²) < 4.78 is 0. The molecule has 24 heavy (non-hydrogen) atoms. The van der Waals surface area contributed by atoms with Crippen molar-refractivity contribution in [3.8, 4) is 0 Å². The van der Waals surface area contributed by atoms with Gasteiger partial charge in [0.25, 0.3) is 5.91 Å². The van der Waals surface area contributed by atoms with Gasteiger partial charge in [0.05, 0.1) is 10.7 Å². The van der Waals surface area contributed by atoms with E-state index in [2.05, 4.69) is 10.3 Å². The van der Waals surface area contributed by atoms with E-state index < -0.39 is 0 Å². The van der Waals surface area contributed by atoms with E-state index in [1.165, 1.54) is 12.8 Å². The molecule has 1 fully saturated rings. The number of pyridine rings is 1. The molecule has 2 heterocycles. The fraction of sp³-hybridized carbons (Fsp3) is 0.333. The Labute approximate surface area is 151 Å². The van der Waals surface area contributed by atoms with E-state index in [-0.39, 0.29) is 5.91 Å². The van der Waals surface area contributed by atoms with Gasteiger partial charge in [-0.15, -0.1) is 0 Å². The summed E-state index contributed by atoms with van der Waals surface area (Å²) in [6.45, 7) is 1.65. The Kier molecular flexibility index (Phi) is 5.59. The molecule has 0 bridgehead atoms. The van der Waals surface area contributed by atoms with E-state index in [9.17, 15) is 4.79 Å². The van der Waals surface area contributed by atoms with Crippen LogP contribution in [0.2, 0.25) is 10.0 Å². The Balaban J connectivity index is 1.77. The van der Waals surface area contributed by atoms with Crippen LogP contribution in [-0.2, 0) is 0 Å². The lowest BCUT2D eigenvalue weighted by Gasteiger charge is -2.20. The van der Waals surface area contributed by atoms with E-state index >= 15 is 0 Å². The second kappa shape index (κ2) is 7.86. The van der Waals surface area contributed by atoms with Crippen molar-refractivity contribution in [1.82, 2.24) is 9.88 Å². The number of rotatable bonds is 3. The van der Waals surface area contributed by atoms with Crippen LogP contribution in [0.1, 0.15) is 36.0 Å². The Bertz CT molecular complexity index is 728. The maximum atomic E-state index is 12.7. The summed E-state index contributed by atoms with van der Waals surface area (Å²) >= 11 is 12.1. The molecule has 1 aliphatic heterocycles. The molecule has 0 unspecified atom stereocenters. The molecule has 1 N–H and O–H groups in total. The van der Waals surface area contributed by atoms with Crippen molar-refractivity contribution >= 4 is 40.6 Å². The molecule has 0 radical (unpaired) electrons. The molecular weight excluding hydrogens is 345 g/mol. The number of aromatic nitrogens is 1. The summed E-state index contributed by atoms with van der Waals surface area (Å²) in [7, 11) is 0. The van der Waals surface area contributed by atoms with Gasteiger partial charge in [0.2, 0.25) is 0 Å². The number of carbonyl (C=O) groups excluding carboxylic acids is 1. The number of nitrogens with zero attached hydrogens (tertiary/aromatic N) is 2. The highest BCUT2D eigenvalue weighted by atomic mass is 35.5. The third kappa shape index (κ3) is 4.19. The fourth-order valence-electron chi connectivity index (χ4n) is 2.82. The number of halogens is 2. The van der Waals surface area contributed by atoms with E-state index in [4.69, 9.17) is 23.2 Å². The Morgan fingerprint density at radius 2 is 1.79 bits per heavy atom. The largest absolute Gasteiger partial charge is 0.339 e. The first-order valence-electron chi connectivity index (χ1n) is 8.11. The van der Waals surface area contributed by atoms with E-state index in [1.54, 1.807) is 36.5 Å². The number of likely N-dealkylation sites (tertiary alicyclic amines) is 1.